The average molecular weight is 265 g/mol. The smallest absolute Gasteiger partial charge is 0.407 e. The zero-order chi connectivity index (χ0) is 13.8. The second-order valence-corrected chi connectivity index (χ2v) is 4.18. The number of amides is 1. The van der Waals surface area contributed by atoms with E-state index < -0.39 is 12.2 Å². The Labute approximate surface area is 110 Å². The number of carboxylic acid groups (broad SMARTS) is 1. The van der Waals surface area contributed by atoms with E-state index in [-0.39, 0.29) is 25.5 Å². The van der Waals surface area contributed by atoms with E-state index in [1.54, 1.807) is 24.3 Å². The maximum atomic E-state index is 12.2. The first-order chi connectivity index (χ1) is 9.11. The van der Waals surface area contributed by atoms with Crippen LogP contribution in [0.5, 0.6) is 5.75 Å². The second kappa shape index (κ2) is 5.71. The molecular formula is C13H15NO5. The first kappa shape index (κ1) is 13.4. The van der Waals surface area contributed by atoms with Crippen LogP contribution < -0.4 is 4.74 Å². The molecule has 1 aromatic carbocycles. The monoisotopic (exact) mass is 265 g/mol. The summed E-state index contributed by atoms with van der Waals surface area (Å²) in [6.45, 7) is 0.579. The molecule has 0 aliphatic carbocycles. The zero-order valence-corrected chi connectivity index (χ0v) is 10.5. The fraction of sp³-hybridized carbons (Fsp3) is 0.385. The molecule has 1 aliphatic rings. The van der Waals surface area contributed by atoms with Crippen LogP contribution >= 0.6 is 0 Å². The van der Waals surface area contributed by atoms with Crippen molar-refractivity contribution in [2.45, 2.75) is 6.10 Å². The van der Waals surface area contributed by atoms with Gasteiger partial charge in [0.1, 0.15) is 11.9 Å². The van der Waals surface area contributed by atoms with E-state index in [9.17, 15) is 9.59 Å². The van der Waals surface area contributed by atoms with Crippen LogP contribution in [-0.2, 0) is 4.74 Å². The molecule has 1 unspecified atom stereocenters. The highest BCUT2D eigenvalue weighted by atomic mass is 16.5. The molecule has 1 amide bonds. The molecule has 0 saturated carbocycles. The highest BCUT2D eigenvalue weighted by Gasteiger charge is 2.29. The summed E-state index contributed by atoms with van der Waals surface area (Å²) in [5, 5.41) is 8.93. The van der Waals surface area contributed by atoms with Crippen LogP contribution in [0, 0.1) is 0 Å². The molecule has 1 aliphatic heterocycles. The SMILES string of the molecule is COc1cccc(C(=O)C2CN(C(=O)O)CCO2)c1. The lowest BCUT2D eigenvalue weighted by Gasteiger charge is -2.30. The lowest BCUT2D eigenvalue weighted by atomic mass is 10.0. The number of Topliss-reactive ketones (excluding diaryl/α,β-unsaturated/α-hetero) is 1. The Morgan fingerprint density at radius 3 is 2.95 bits per heavy atom. The molecule has 0 spiro atoms. The number of nitrogens with zero attached hydrogens (tertiary/aromatic N) is 1. The molecular weight excluding hydrogens is 250 g/mol. The third-order valence-corrected chi connectivity index (χ3v) is 2.98. The number of hydrogen-bond acceptors (Lipinski definition) is 4. The number of hydrogen-bond donors (Lipinski definition) is 1. The van der Waals surface area contributed by atoms with Crippen molar-refractivity contribution in [1.29, 1.82) is 0 Å². The van der Waals surface area contributed by atoms with E-state index in [2.05, 4.69) is 0 Å². The van der Waals surface area contributed by atoms with E-state index in [4.69, 9.17) is 14.6 Å². The summed E-state index contributed by atoms with van der Waals surface area (Å²) in [4.78, 5) is 24.3. The molecule has 6 nitrogen and oxygen atoms in total. The summed E-state index contributed by atoms with van der Waals surface area (Å²) >= 11 is 0. The fourth-order valence-electron chi connectivity index (χ4n) is 1.94. The first-order valence-electron chi connectivity index (χ1n) is 5.89. The van der Waals surface area contributed by atoms with Crippen LogP contribution in [0.25, 0.3) is 0 Å². The molecule has 0 bridgehead atoms. The van der Waals surface area contributed by atoms with Gasteiger partial charge in [0.15, 0.2) is 5.78 Å². The maximum absolute atomic E-state index is 12.2. The summed E-state index contributed by atoms with van der Waals surface area (Å²) < 4.78 is 10.4. The number of methoxy groups -OCH3 is 1. The topological polar surface area (TPSA) is 76.1 Å². The minimum atomic E-state index is -1.04. The third kappa shape index (κ3) is 3.03. The van der Waals surface area contributed by atoms with Crippen molar-refractivity contribution in [3.8, 4) is 5.75 Å². The van der Waals surface area contributed by atoms with Gasteiger partial charge in [-0.3, -0.25) is 4.79 Å². The van der Waals surface area contributed by atoms with Crippen molar-refractivity contribution in [1.82, 2.24) is 4.90 Å². The number of morpholine rings is 1. The van der Waals surface area contributed by atoms with E-state index in [0.29, 0.717) is 11.3 Å². The predicted molar refractivity (Wildman–Crippen MR) is 66.7 cm³/mol. The van der Waals surface area contributed by atoms with E-state index in [1.807, 2.05) is 0 Å². The molecule has 1 atom stereocenters. The summed E-state index contributed by atoms with van der Waals surface area (Å²) in [7, 11) is 1.52. The maximum Gasteiger partial charge on any atom is 0.407 e. The van der Waals surface area contributed by atoms with Gasteiger partial charge < -0.3 is 19.5 Å². The largest absolute Gasteiger partial charge is 0.497 e. The molecule has 0 aromatic heterocycles. The lowest BCUT2D eigenvalue weighted by molar-refractivity contribution is -0.0111. The van der Waals surface area contributed by atoms with Crippen molar-refractivity contribution >= 4 is 11.9 Å². The fourth-order valence-corrected chi connectivity index (χ4v) is 1.94. The molecule has 1 fully saturated rings. The van der Waals surface area contributed by atoms with Gasteiger partial charge in [-0.15, -0.1) is 0 Å². The highest BCUT2D eigenvalue weighted by molar-refractivity contribution is 6.00. The molecule has 19 heavy (non-hydrogen) atoms. The minimum Gasteiger partial charge on any atom is -0.497 e. The first-order valence-corrected chi connectivity index (χ1v) is 5.89. The van der Waals surface area contributed by atoms with E-state index >= 15 is 0 Å². The minimum absolute atomic E-state index is 0.0609. The number of carbonyl (C=O) groups excluding carboxylic acids is 1. The number of ether oxygens (including phenoxy) is 2. The molecule has 0 radical (unpaired) electrons. The lowest BCUT2D eigenvalue weighted by Crippen LogP contribution is -2.48. The number of carbonyl (C=O) groups is 2. The van der Waals surface area contributed by atoms with Crippen molar-refractivity contribution in [3.63, 3.8) is 0 Å². The van der Waals surface area contributed by atoms with Gasteiger partial charge in [0.2, 0.25) is 0 Å². The van der Waals surface area contributed by atoms with Crippen molar-refractivity contribution in [2.75, 3.05) is 26.8 Å². The zero-order valence-electron chi connectivity index (χ0n) is 10.5. The van der Waals surface area contributed by atoms with Gasteiger partial charge in [0.25, 0.3) is 0 Å². The molecule has 1 saturated heterocycles. The molecule has 1 aromatic rings. The van der Waals surface area contributed by atoms with Gasteiger partial charge >= 0.3 is 6.09 Å². The second-order valence-electron chi connectivity index (χ2n) is 4.18. The van der Waals surface area contributed by atoms with Crippen molar-refractivity contribution < 1.29 is 24.2 Å². The van der Waals surface area contributed by atoms with Gasteiger partial charge in [-0.2, -0.15) is 0 Å². The summed E-state index contributed by atoms with van der Waals surface area (Å²) in [6.07, 6.45) is -1.79. The number of rotatable bonds is 3. The van der Waals surface area contributed by atoms with Crippen LogP contribution in [0.2, 0.25) is 0 Å². The van der Waals surface area contributed by atoms with Gasteiger partial charge in [-0.25, -0.2) is 4.79 Å². The van der Waals surface area contributed by atoms with Crippen LogP contribution in [-0.4, -0.2) is 54.8 Å². The quantitative estimate of drug-likeness (QED) is 0.832. The molecule has 2 rings (SSSR count). The van der Waals surface area contributed by atoms with Crippen molar-refractivity contribution in [2.24, 2.45) is 0 Å². The van der Waals surface area contributed by atoms with Gasteiger partial charge in [0, 0.05) is 12.1 Å². The Balaban J connectivity index is 2.12. The highest BCUT2D eigenvalue weighted by Crippen LogP contribution is 2.17. The molecule has 1 N–H and O–H groups in total. The summed E-state index contributed by atoms with van der Waals surface area (Å²) in [5.74, 6) is 0.349. The third-order valence-electron chi connectivity index (χ3n) is 2.98. The van der Waals surface area contributed by atoms with Gasteiger partial charge in [0.05, 0.1) is 20.3 Å². The molecule has 102 valence electrons. The van der Waals surface area contributed by atoms with Gasteiger partial charge in [-0.1, -0.05) is 12.1 Å². The number of benzene rings is 1. The Kier molecular flexibility index (Phi) is 4.01. The van der Waals surface area contributed by atoms with E-state index in [1.165, 1.54) is 12.0 Å². The number of ketones is 1. The van der Waals surface area contributed by atoms with Gasteiger partial charge in [-0.05, 0) is 12.1 Å². The molecule has 1 heterocycles. The summed E-state index contributed by atoms with van der Waals surface area (Å²) in [5.41, 5.74) is 0.455. The molecule has 6 heteroatoms. The van der Waals surface area contributed by atoms with Crippen LogP contribution in [0.3, 0.4) is 0 Å². The standard InChI is InChI=1S/C13H15NO5/c1-18-10-4-2-3-9(7-10)12(15)11-8-14(13(16)17)5-6-19-11/h2-4,7,11H,5-6,8H2,1H3,(H,16,17). The summed E-state index contributed by atoms with van der Waals surface area (Å²) in [6, 6.07) is 6.73. The average Bonchev–Trinajstić information content (AvgIpc) is 2.46. The normalized spacial score (nSPS) is 19.0. The van der Waals surface area contributed by atoms with Crippen LogP contribution in [0.4, 0.5) is 4.79 Å². The van der Waals surface area contributed by atoms with E-state index in [0.717, 1.165) is 0 Å². The van der Waals surface area contributed by atoms with Crippen LogP contribution in [0.15, 0.2) is 24.3 Å². The Morgan fingerprint density at radius 1 is 1.47 bits per heavy atom. The van der Waals surface area contributed by atoms with Crippen molar-refractivity contribution in [3.05, 3.63) is 29.8 Å². The Morgan fingerprint density at radius 2 is 2.26 bits per heavy atom. The van der Waals surface area contributed by atoms with Crippen LogP contribution in [0.1, 0.15) is 10.4 Å². The predicted octanol–water partition coefficient (Wildman–Crippen LogP) is 1.26. The Hall–Kier alpha value is -2.08. The Bertz CT molecular complexity index is 488.